The van der Waals surface area contributed by atoms with E-state index < -0.39 is 0 Å². The zero-order valence-corrected chi connectivity index (χ0v) is 8.86. The minimum Gasteiger partial charge on any atom is -0.382 e. The molecule has 0 aromatic rings. The van der Waals surface area contributed by atoms with Crippen LogP contribution in [-0.4, -0.2) is 19.1 Å². The van der Waals surface area contributed by atoms with Crippen molar-refractivity contribution in [2.24, 2.45) is 11.3 Å². The lowest BCUT2D eigenvalue weighted by Gasteiger charge is -2.11. The quantitative estimate of drug-likeness (QED) is 0.462. The van der Waals surface area contributed by atoms with E-state index >= 15 is 0 Å². The number of alkyl halides is 1. The van der Waals surface area contributed by atoms with E-state index in [9.17, 15) is 0 Å². The van der Waals surface area contributed by atoms with Crippen LogP contribution in [0, 0.1) is 11.3 Å². The van der Waals surface area contributed by atoms with Gasteiger partial charge in [0.2, 0.25) is 0 Å². The number of halogens is 1. The summed E-state index contributed by atoms with van der Waals surface area (Å²) in [6.45, 7) is 6.07. The molecule has 1 aliphatic carbocycles. The molecule has 0 saturated heterocycles. The zero-order valence-electron chi connectivity index (χ0n) is 8.11. The molecule has 0 aromatic heterocycles. The van der Waals surface area contributed by atoms with E-state index in [4.69, 9.17) is 16.3 Å². The molecular weight excluding hydrogens is 172 g/mol. The first-order valence-electron chi connectivity index (χ1n) is 4.89. The van der Waals surface area contributed by atoms with Gasteiger partial charge in [-0.1, -0.05) is 6.92 Å². The largest absolute Gasteiger partial charge is 0.382 e. The highest BCUT2D eigenvalue weighted by Crippen LogP contribution is 2.56. The maximum atomic E-state index is 5.92. The van der Waals surface area contributed by atoms with Gasteiger partial charge < -0.3 is 4.74 Å². The predicted octanol–water partition coefficient (Wildman–Crippen LogP) is 3.07. The Balaban J connectivity index is 2.06. The monoisotopic (exact) mass is 190 g/mol. The molecule has 1 rings (SSSR count). The van der Waals surface area contributed by atoms with Crippen molar-refractivity contribution in [3.63, 3.8) is 0 Å². The highest BCUT2D eigenvalue weighted by atomic mass is 35.5. The summed E-state index contributed by atoms with van der Waals surface area (Å²) in [5.74, 6) is 1.68. The topological polar surface area (TPSA) is 9.23 Å². The fourth-order valence-corrected chi connectivity index (χ4v) is 2.33. The van der Waals surface area contributed by atoms with Crippen LogP contribution in [0.4, 0.5) is 0 Å². The van der Waals surface area contributed by atoms with Gasteiger partial charge in [0.25, 0.3) is 0 Å². The first-order chi connectivity index (χ1) is 5.75. The second-order valence-electron chi connectivity index (χ2n) is 3.90. The molecule has 0 bridgehead atoms. The third kappa shape index (κ3) is 2.37. The average Bonchev–Trinajstić information content (AvgIpc) is 2.72. The molecule has 0 heterocycles. The van der Waals surface area contributed by atoms with Crippen LogP contribution in [-0.2, 0) is 4.74 Å². The molecule has 1 fully saturated rings. The van der Waals surface area contributed by atoms with Gasteiger partial charge in [-0.05, 0) is 37.5 Å². The van der Waals surface area contributed by atoms with Crippen LogP contribution in [0.15, 0.2) is 0 Å². The molecule has 72 valence electrons. The van der Waals surface area contributed by atoms with Crippen LogP contribution in [0.3, 0.4) is 0 Å². The summed E-state index contributed by atoms with van der Waals surface area (Å²) in [6.07, 6.45) is 3.74. The maximum Gasteiger partial charge on any atom is 0.0466 e. The lowest BCUT2D eigenvalue weighted by molar-refractivity contribution is 0.138. The molecule has 1 aliphatic rings. The van der Waals surface area contributed by atoms with Crippen molar-refractivity contribution in [1.82, 2.24) is 0 Å². The van der Waals surface area contributed by atoms with E-state index in [2.05, 4.69) is 6.92 Å². The van der Waals surface area contributed by atoms with Crippen molar-refractivity contribution in [3.8, 4) is 0 Å². The van der Waals surface area contributed by atoms with E-state index in [1.165, 1.54) is 19.3 Å². The molecule has 12 heavy (non-hydrogen) atoms. The standard InChI is InChI=1S/C10H19ClO/c1-3-12-6-4-5-10(8-11)7-9(10)2/h9H,3-8H2,1-2H3. The Bertz CT molecular complexity index is 134. The summed E-state index contributed by atoms with van der Waals surface area (Å²) in [7, 11) is 0. The molecule has 0 aliphatic heterocycles. The lowest BCUT2D eigenvalue weighted by atomic mass is 10.0. The summed E-state index contributed by atoms with van der Waals surface area (Å²) < 4.78 is 5.29. The molecular formula is C10H19ClO. The van der Waals surface area contributed by atoms with E-state index in [0.717, 1.165) is 25.0 Å². The van der Waals surface area contributed by atoms with Gasteiger partial charge in [0, 0.05) is 19.1 Å². The van der Waals surface area contributed by atoms with E-state index in [-0.39, 0.29) is 0 Å². The molecule has 1 saturated carbocycles. The molecule has 0 amide bonds. The van der Waals surface area contributed by atoms with Crippen molar-refractivity contribution >= 4 is 11.6 Å². The number of ether oxygens (including phenoxy) is 1. The van der Waals surface area contributed by atoms with E-state index in [1.807, 2.05) is 6.92 Å². The van der Waals surface area contributed by atoms with Gasteiger partial charge in [-0.3, -0.25) is 0 Å². The van der Waals surface area contributed by atoms with Gasteiger partial charge >= 0.3 is 0 Å². The van der Waals surface area contributed by atoms with Crippen molar-refractivity contribution < 1.29 is 4.74 Å². The van der Waals surface area contributed by atoms with Crippen molar-refractivity contribution in [3.05, 3.63) is 0 Å². The average molecular weight is 191 g/mol. The van der Waals surface area contributed by atoms with Crippen molar-refractivity contribution in [2.45, 2.75) is 33.1 Å². The van der Waals surface area contributed by atoms with Crippen LogP contribution < -0.4 is 0 Å². The normalized spacial score (nSPS) is 33.8. The van der Waals surface area contributed by atoms with Crippen LogP contribution in [0.5, 0.6) is 0 Å². The number of rotatable bonds is 6. The molecule has 0 aromatic carbocycles. The molecule has 0 spiro atoms. The number of hydrogen-bond acceptors (Lipinski definition) is 1. The zero-order chi connectivity index (χ0) is 9.03. The minimum absolute atomic E-state index is 0.485. The minimum atomic E-state index is 0.485. The van der Waals surface area contributed by atoms with Crippen LogP contribution in [0.25, 0.3) is 0 Å². The SMILES string of the molecule is CCOCCCC1(CCl)CC1C. The molecule has 2 heteroatoms. The van der Waals surface area contributed by atoms with Gasteiger partial charge in [-0.25, -0.2) is 0 Å². The Morgan fingerprint density at radius 1 is 1.58 bits per heavy atom. The maximum absolute atomic E-state index is 5.92. The summed E-state index contributed by atoms with van der Waals surface area (Å²) in [4.78, 5) is 0. The van der Waals surface area contributed by atoms with Crippen molar-refractivity contribution in [2.75, 3.05) is 19.1 Å². The molecule has 2 atom stereocenters. The molecule has 0 radical (unpaired) electrons. The Kier molecular flexibility index (Phi) is 3.85. The van der Waals surface area contributed by atoms with E-state index in [0.29, 0.717) is 5.41 Å². The number of hydrogen-bond donors (Lipinski definition) is 0. The van der Waals surface area contributed by atoms with Gasteiger partial charge in [0.1, 0.15) is 0 Å². The highest BCUT2D eigenvalue weighted by molar-refractivity contribution is 6.18. The summed E-state index contributed by atoms with van der Waals surface area (Å²) in [5, 5.41) is 0. The first kappa shape index (κ1) is 10.3. The molecule has 1 nitrogen and oxygen atoms in total. The second-order valence-corrected chi connectivity index (χ2v) is 4.17. The Morgan fingerprint density at radius 2 is 2.25 bits per heavy atom. The Labute approximate surface area is 80.4 Å². The summed E-state index contributed by atoms with van der Waals surface area (Å²) in [6, 6.07) is 0. The fourth-order valence-electron chi connectivity index (χ4n) is 1.82. The highest BCUT2D eigenvalue weighted by Gasteiger charge is 2.49. The molecule has 0 N–H and O–H groups in total. The predicted molar refractivity (Wildman–Crippen MR) is 52.7 cm³/mol. The van der Waals surface area contributed by atoms with Gasteiger partial charge in [0.05, 0.1) is 0 Å². The van der Waals surface area contributed by atoms with Crippen molar-refractivity contribution in [1.29, 1.82) is 0 Å². The first-order valence-corrected chi connectivity index (χ1v) is 5.42. The van der Waals surface area contributed by atoms with Crippen LogP contribution in [0.2, 0.25) is 0 Å². The lowest BCUT2D eigenvalue weighted by Crippen LogP contribution is -2.07. The van der Waals surface area contributed by atoms with E-state index in [1.54, 1.807) is 0 Å². The third-order valence-electron chi connectivity index (χ3n) is 3.03. The fraction of sp³-hybridized carbons (Fsp3) is 1.00. The van der Waals surface area contributed by atoms with Gasteiger partial charge in [0.15, 0.2) is 0 Å². The van der Waals surface area contributed by atoms with Gasteiger partial charge in [-0.2, -0.15) is 0 Å². The van der Waals surface area contributed by atoms with Crippen LogP contribution >= 0.6 is 11.6 Å². The Morgan fingerprint density at radius 3 is 2.67 bits per heavy atom. The molecule has 2 unspecified atom stereocenters. The Hall–Kier alpha value is 0.250. The summed E-state index contributed by atoms with van der Waals surface area (Å²) in [5.41, 5.74) is 0.485. The van der Waals surface area contributed by atoms with Crippen LogP contribution in [0.1, 0.15) is 33.1 Å². The van der Waals surface area contributed by atoms with Gasteiger partial charge in [-0.15, -0.1) is 11.6 Å². The second kappa shape index (κ2) is 4.48. The summed E-state index contributed by atoms with van der Waals surface area (Å²) >= 11 is 5.92. The third-order valence-corrected chi connectivity index (χ3v) is 3.56. The smallest absolute Gasteiger partial charge is 0.0466 e.